The number of carboxylic acids is 1. The molecule has 0 aliphatic carbocycles. The van der Waals surface area contributed by atoms with Crippen molar-refractivity contribution in [2.75, 3.05) is 23.8 Å². The van der Waals surface area contributed by atoms with E-state index in [0.29, 0.717) is 9.91 Å². The number of aliphatic carboxylic acids is 1. The summed E-state index contributed by atoms with van der Waals surface area (Å²) in [5, 5.41) is 27.5. The van der Waals surface area contributed by atoms with Crippen molar-refractivity contribution in [3.8, 4) is 11.5 Å². The van der Waals surface area contributed by atoms with Crippen LogP contribution in [0.3, 0.4) is 0 Å². The summed E-state index contributed by atoms with van der Waals surface area (Å²) in [5.41, 5.74) is 9.21. The predicted molar refractivity (Wildman–Crippen MR) is 197 cm³/mol. The van der Waals surface area contributed by atoms with Gasteiger partial charge in [0.15, 0.2) is 33.3 Å². The highest BCUT2D eigenvalue weighted by atomic mass is 32.2. The molecule has 0 spiro atoms. The average Bonchev–Trinajstić information content (AvgIpc) is 3.77. The van der Waals surface area contributed by atoms with E-state index in [1.807, 2.05) is 16.2 Å². The highest BCUT2D eigenvalue weighted by Crippen LogP contribution is 2.42. The molecule has 0 bridgehead atoms. The highest BCUT2D eigenvalue weighted by Gasteiger charge is 2.54. The Bertz CT molecular complexity index is 2190. The van der Waals surface area contributed by atoms with Crippen LogP contribution < -0.4 is 36.7 Å². The van der Waals surface area contributed by atoms with Crippen LogP contribution in [0.1, 0.15) is 34.9 Å². The van der Waals surface area contributed by atoms with Crippen molar-refractivity contribution in [3.05, 3.63) is 51.1 Å². The Morgan fingerprint density at radius 2 is 1.80 bits per heavy atom. The number of oxime groups is 1. The van der Waals surface area contributed by atoms with Gasteiger partial charge in [-0.05, 0) is 30.7 Å². The van der Waals surface area contributed by atoms with E-state index >= 15 is 0 Å². The number of amides is 6. The molecule has 1 aromatic carbocycles. The number of rotatable bonds is 13. The topological polar surface area (TPSA) is 313 Å². The minimum atomic E-state index is -1.30. The van der Waals surface area contributed by atoms with Gasteiger partial charge in [0, 0.05) is 36.3 Å². The zero-order valence-electron chi connectivity index (χ0n) is 29.0. The van der Waals surface area contributed by atoms with Gasteiger partial charge < -0.3 is 30.5 Å². The number of imide groups is 1. The Kier molecular flexibility index (Phi) is 13.2. The van der Waals surface area contributed by atoms with E-state index in [4.69, 9.17) is 20.0 Å². The lowest BCUT2D eigenvalue weighted by Gasteiger charge is -2.49. The van der Waals surface area contributed by atoms with Crippen LogP contribution >= 0.6 is 46.2 Å². The van der Waals surface area contributed by atoms with Crippen molar-refractivity contribution in [1.29, 1.82) is 0 Å². The molecule has 2 atom stereocenters. The zero-order chi connectivity index (χ0) is 40.7. The number of nitrogen functional groups attached to an aromatic ring is 1. The standard InChI is InChI=1S/C30H28N10O12S4/c1-11-35-38-30(56-11)55-9-15-8-53-26-21(25(46)40(26)22(15)27(47)48)33-24(45)20(16-10-54-28(31)32-16)39-50-7-19(43)36-37-29(49)34-23(44)14-4-5-17(51-12(2)41)18(6-14)52-13(3)42/h4-6,10,21,26H,7-9H2,1-3H3,(H2,31,32)(H,33,45)(H,36,43)(H,47,48)(H2,34,37,44,49)/b39-20+. The van der Waals surface area contributed by atoms with Gasteiger partial charge in [0.05, 0.1) is 0 Å². The second kappa shape index (κ2) is 18.0. The average molecular weight is 849 g/mol. The summed E-state index contributed by atoms with van der Waals surface area (Å²) < 4.78 is 10.5. The number of ether oxygens (including phenoxy) is 2. The Hall–Kier alpha value is -6.12. The Balaban J connectivity index is 1.16. The van der Waals surface area contributed by atoms with Crippen LogP contribution in [-0.2, 0) is 33.6 Å². The Morgan fingerprint density at radius 1 is 1.07 bits per heavy atom. The fourth-order valence-corrected chi connectivity index (χ4v) is 8.59. The van der Waals surface area contributed by atoms with Crippen LogP contribution in [0.4, 0.5) is 9.93 Å². The molecule has 2 aliphatic heterocycles. The first-order valence-corrected chi connectivity index (χ1v) is 19.3. The van der Waals surface area contributed by atoms with Crippen LogP contribution in [0.5, 0.6) is 11.5 Å². The number of nitrogens with one attached hydrogen (secondary N) is 4. The van der Waals surface area contributed by atoms with Crippen LogP contribution in [-0.4, -0.2) is 108 Å². The van der Waals surface area contributed by atoms with Gasteiger partial charge in [-0.25, -0.2) is 20.0 Å². The molecule has 2 aromatic heterocycles. The smallest absolute Gasteiger partial charge is 0.352 e. The van der Waals surface area contributed by atoms with E-state index in [9.17, 15) is 43.5 Å². The summed E-state index contributed by atoms with van der Waals surface area (Å²) in [6.07, 6.45) is 0. The molecule has 3 aromatic rings. The number of benzene rings is 1. The van der Waals surface area contributed by atoms with Gasteiger partial charge in [-0.2, -0.15) is 0 Å². The number of carbonyl (C=O) groups excluding carboxylic acids is 7. The SMILES string of the molecule is CC(=O)Oc1ccc(C(=O)NC(=O)NNC(=O)CO/N=C(/C(=O)NC2C(=O)N3C(C(=O)O)=C(CSc4nnc(C)s4)CSC23)c2csc(N)n2)cc1OC(C)=O. The van der Waals surface area contributed by atoms with Crippen LogP contribution in [0.2, 0.25) is 0 Å². The van der Waals surface area contributed by atoms with Gasteiger partial charge in [-0.15, -0.1) is 33.3 Å². The van der Waals surface area contributed by atoms with Gasteiger partial charge in [-0.1, -0.05) is 28.3 Å². The van der Waals surface area contributed by atoms with Gasteiger partial charge in [0.25, 0.3) is 23.6 Å². The van der Waals surface area contributed by atoms with E-state index in [-0.39, 0.29) is 45.1 Å². The number of aryl methyl sites for hydroxylation is 1. The zero-order valence-corrected chi connectivity index (χ0v) is 32.2. The molecule has 0 saturated carbocycles. The van der Waals surface area contributed by atoms with E-state index in [1.54, 1.807) is 6.92 Å². The summed E-state index contributed by atoms with van der Waals surface area (Å²) >= 11 is 4.87. The molecule has 26 heteroatoms. The van der Waals surface area contributed by atoms with Gasteiger partial charge in [0.1, 0.15) is 27.8 Å². The number of thiazole rings is 1. The minimum absolute atomic E-state index is 0.0588. The van der Waals surface area contributed by atoms with Crippen LogP contribution in [0, 0.1) is 6.92 Å². The number of aromatic nitrogens is 3. The molecule has 7 N–H and O–H groups in total. The second-order valence-electron chi connectivity index (χ2n) is 11.1. The lowest BCUT2D eigenvalue weighted by atomic mass is 10.0. The number of hydrazine groups is 1. The molecule has 1 saturated heterocycles. The molecule has 2 unspecified atom stereocenters. The van der Waals surface area contributed by atoms with Crippen molar-refractivity contribution in [2.24, 2.45) is 5.16 Å². The number of hydrogen-bond acceptors (Lipinski definition) is 20. The highest BCUT2D eigenvalue weighted by molar-refractivity contribution is 8.01. The molecule has 56 heavy (non-hydrogen) atoms. The lowest BCUT2D eigenvalue weighted by Crippen LogP contribution is -2.71. The van der Waals surface area contributed by atoms with Crippen molar-refractivity contribution in [2.45, 2.75) is 36.5 Å². The first kappa shape index (κ1) is 41.1. The van der Waals surface area contributed by atoms with Crippen LogP contribution in [0.25, 0.3) is 0 Å². The molecule has 2 aliphatic rings. The number of fused-ring (bicyclic) bond motifs is 1. The number of nitrogens with zero attached hydrogens (tertiary/aromatic N) is 5. The third-order valence-electron chi connectivity index (χ3n) is 7.00. The quantitative estimate of drug-likeness (QED) is 0.0333. The van der Waals surface area contributed by atoms with Crippen molar-refractivity contribution < 1.29 is 57.8 Å². The van der Waals surface area contributed by atoms with Crippen LogP contribution in [0.15, 0.2) is 44.3 Å². The van der Waals surface area contributed by atoms with Gasteiger partial charge >= 0.3 is 23.9 Å². The molecular formula is C30H28N10O12S4. The normalized spacial score (nSPS) is 16.2. The summed E-state index contributed by atoms with van der Waals surface area (Å²) in [6, 6.07) is 1.06. The predicted octanol–water partition coefficient (Wildman–Crippen LogP) is 0.158. The summed E-state index contributed by atoms with van der Waals surface area (Å²) in [4.78, 5) is 109. The monoisotopic (exact) mass is 848 g/mol. The van der Waals surface area contributed by atoms with E-state index in [2.05, 4.69) is 25.7 Å². The van der Waals surface area contributed by atoms with E-state index < -0.39 is 71.3 Å². The third kappa shape index (κ3) is 10.1. The van der Waals surface area contributed by atoms with Gasteiger partial charge in [-0.3, -0.25) is 44.4 Å². The number of hydrogen-bond donors (Lipinski definition) is 6. The number of thioether (sulfide) groups is 2. The molecule has 22 nitrogen and oxygen atoms in total. The Labute approximate surface area is 330 Å². The molecule has 1 fully saturated rings. The first-order chi connectivity index (χ1) is 26.6. The van der Waals surface area contributed by atoms with Crippen molar-refractivity contribution in [1.82, 2.24) is 41.6 Å². The van der Waals surface area contributed by atoms with E-state index in [0.717, 1.165) is 41.2 Å². The number of urea groups is 1. The summed E-state index contributed by atoms with van der Waals surface area (Å²) in [6.45, 7) is 3.12. The fourth-order valence-electron chi connectivity index (χ4n) is 4.74. The first-order valence-electron chi connectivity index (χ1n) is 15.6. The maximum atomic E-state index is 13.4. The largest absolute Gasteiger partial charge is 0.477 e. The third-order valence-corrected chi connectivity index (χ3v) is 11.1. The molecule has 294 valence electrons. The van der Waals surface area contributed by atoms with Crippen molar-refractivity contribution >= 4 is 105 Å². The van der Waals surface area contributed by atoms with Crippen molar-refractivity contribution in [3.63, 3.8) is 0 Å². The number of nitrogens with two attached hydrogens (primary N) is 1. The lowest BCUT2D eigenvalue weighted by molar-refractivity contribution is -0.150. The maximum absolute atomic E-state index is 13.4. The summed E-state index contributed by atoms with van der Waals surface area (Å²) in [5.74, 6) is -6.30. The number of carboxylic acid groups (broad SMARTS) is 1. The fraction of sp³-hybridized carbons (Fsp3) is 0.267. The molecule has 4 heterocycles. The number of β-lactam (4-membered cyclic amide) rings is 1. The molecule has 5 rings (SSSR count). The molecular weight excluding hydrogens is 821 g/mol. The molecule has 6 amide bonds. The minimum Gasteiger partial charge on any atom is -0.477 e. The number of carbonyl (C=O) groups is 8. The number of esters is 2. The second-order valence-corrected chi connectivity index (χ2v) is 15.5. The molecule has 0 radical (unpaired) electrons. The van der Waals surface area contributed by atoms with E-state index in [1.165, 1.54) is 52.4 Å². The van der Waals surface area contributed by atoms with Gasteiger partial charge in [0.2, 0.25) is 0 Å². The maximum Gasteiger partial charge on any atom is 0.352 e. The number of anilines is 1. The Morgan fingerprint density at radius 3 is 2.45 bits per heavy atom. The summed E-state index contributed by atoms with van der Waals surface area (Å²) in [7, 11) is 0.